The molecule has 2 fully saturated rings. The summed E-state index contributed by atoms with van der Waals surface area (Å²) in [6, 6.07) is 8.45. The Bertz CT molecular complexity index is 1170. The summed E-state index contributed by atoms with van der Waals surface area (Å²) >= 11 is 0. The molecule has 5 rings (SSSR count). The first kappa shape index (κ1) is 19.6. The zero-order chi connectivity index (χ0) is 21.4. The third-order valence-corrected chi connectivity index (χ3v) is 6.29. The zero-order valence-corrected chi connectivity index (χ0v) is 17.2. The van der Waals surface area contributed by atoms with Gasteiger partial charge in [-0.3, -0.25) is 9.78 Å². The van der Waals surface area contributed by atoms with E-state index in [2.05, 4.69) is 20.3 Å². The molecule has 0 bridgehead atoms. The van der Waals surface area contributed by atoms with E-state index in [0.29, 0.717) is 5.56 Å². The number of nitrogens with one attached hydrogen (secondary N) is 1. The van der Waals surface area contributed by atoms with Gasteiger partial charge in [0, 0.05) is 47.5 Å². The highest BCUT2D eigenvalue weighted by Gasteiger charge is 2.33. The van der Waals surface area contributed by atoms with Crippen molar-refractivity contribution in [3.63, 3.8) is 0 Å². The standard InChI is InChI=1S/C24H24N6O/c25-10-22-28-11-16(12-29-22)15-3-8-21-19(9-15)23(30-18-6-4-17(26)5-7-18)20(13-27-21)24(31)14-1-2-14/h3,8-9,11-14,17-18H,1-2,4-7,26H2,(H,27,30)/t17-,18+. The van der Waals surface area contributed by atoms with Crippen LogP contribution in [0.15, 0.2) is 36.8 Å². The van der Waals surface area contributed by atoms with Crippen molar-refractivity contribution in [2.45, 2.75) is 50.6 Å². The highest BCUT2D eigenvalue weighted by molar-refractivity contribution is 6.10. The van der Waals surface area contributed by atoms with E-state index in [1.165, 1.54) is 0 Å². The molecule has 3 aromatic rings. The summed E-state index contributed by atoms with van der Waals surface area (Å²) in [7, 11) is 0. The van der Waals surface area contributed by atoms with Gasteiger partial charge in [-0.15, -0.1) is 0 Å². The molecule has 2 aliphatic rings. The third kappa shape index (κ3) is 3.99. The van der Waals surface area contributed by atoms with E-state index in [-0.39, 0.29) is 29.6 Å². The van der Waals surface area contributed by atoms with Gasteiger partial charge in [-0.1, -0.05) is 6.07 Å². The van der Waals surface area contributed by atoms with Crippen molar-refractivity contribution >= 4 is 22.4 Å². The molecule has 2 aromatic heterocycles. The van der Waals surface area contributed by atoms with Crippen LogP contribution in [-0.2, 0) is 0 Å². The van der Waals surface area contributed by atoms with Gasteiger partial charge < -0.3 is 11.1 Å². The molecule has 1 aromatic carbocycles. The van der Waals surface area contributed by atoms with Gasteiger partial charge in [0.25, 0.3) is 0 Å². The minimum atomic E-state index is 0.120. The lowest BCUT2D eigenvalue weighted by Gasteiger charge is -2.29. The van der Waals surface area contributed by atoms with E-state index in [1.54, 1.807) is 18.6 Å². The Morgan fingerprint density at radius 1 is 1.00 bits per heavy atom. The monoisotopic (exact) mass is 412 g/mol. The average Bonchev–Trinajstić information content (AvgIpc) is 3.66. The van der Waals surface area contributed by atoms with Crippen molar-refractivity contribution in [1.82, 2.24) is 15.0 Å². The van der Waals surface area contributed by atoms with E-state index < -0.39 is 0 Å². The number of fused-ring (bicyclic) bond motifs is 1. The highest BCUT2D eigenvalue weighted by Crippen LogP contribution is 2.38. The molecule has 3 N–H and O–H groups in total. The van der Waals surface area contributed by atoms with Gasteiger partial charge in [-0.2, -0.15) is 5.26 Å². The van der Waals surface area contributed by atoms with Crippen molar-refractivity contribution < 1.29 is 4.79 Å². The molecule has 0 radical (unpaired) electrons. The fraction of sp³-hybridized carbons (Fsp3) is 0.375. The van der Waals surface area contributed by atoms with Crippen LogP contribution in [0.5, 0.6) is 0 Å². The molecule has 2 saturated carbocycles. The number of hydrogen-bond acceptors (Lipinski definition) is 7. The SMILES string of the molecule is N#Cc1ncc(-c2ccc3ncc(C(=O)C4CC4)c(N[C@H]4CC[C@@H](N)CC4)c3c2)cn1. The number of benzene rings is 1. The largest absolute Gasteiger partial charge is 0.381 e. The van der Waals surface area contributed by atoms with Gasteiger partial charge in [0.15, 0.2) is 5.78 Å². The molecular formula is C24H24N6O. The molecule has 0 amide bonds. The van der Waals surface area contributed by atoms with Crippen molar-refractivity contribution in [1.29, 1.82) is 5.26 Å². The minimum Gasteiger partial charge on any atom is -0.381 e. The molecule has 0 atom stereocenters. The maximum atomic E-state index is 13.0. The molecule has 7 heteroatoms. The second-order valence-corrected chi connectivity index (χ2v) is 8.58. The second-order valence-electron chi connectivity index (χ2n) is 8.58. The molecular weight excluding hydrogens is 388 g/mol. The highest BCUT2D eigenvalue weighted by atomic mass is 16.1. The first-order valence-corrected chi connectivity index (χ1v) is 10.8. The van der Waals surface area contributed by atoms with Gasteiger partial charge in [0.2, 0.25) is 5.82 Å². The summed E-state index contributed by atoms with van der Waals surface area (Å²) < 4.78 is 0. The summed E-state index contributed by atoms with van der Waals surface area (Å²) in [5, 5.41) is 13.6. The number of rotatable bonds is 5. The lowest BCUT2D eigenvalue weighted by Crippen LogP contribution is -2.33. The molecule has 0 spiro atoms. The second kappa shape index (κ2) is 8.05. The molecule has 156 valence electrons. The maximum absolute atomic E-state index is 13.0. The molecule has 0 aliphatic heterocycles. The summed E-state index contributed by atoms with van der Waals surface area (Å²) in [5.74, 6) is 0.438. The first-order valence-electron chi connectivity index (χ1n) is 10.8. The predicted octanol–water partition coefficient (Wildman–Crippen LogP) is 3.84. The molecule has 0 saturated heterocycles. The predicted molar refractivity (Wildman–Crippen MR) is 118 cm³/mol. The van der Waals surface area contributed by atoms with E-state index in [9.17, 15) is 4.79 Å². The van der Waals surface area contributed by atoms with Crippen LogP contribution in [0.1, 0.15) is 54.7 Å². The number of Topliss-reactive ketones (excluding diaryl/α,β-unsaturated/α-hetero) is 1. The number of carbonyl (C=O) groups excluding carboxylic acids is 1. The number of aromatic nitrogens is 3. The minimum absolute atomic E-state index is 0.120. The molecule has 0 unspecified atom stereocenters. The Kier molecular flexibility index (Phi) is 5.08. The van der Waals surface area contributed by atoms with E-state index in [0.717, 1.165) is 66.2 Å². The van der Waals surface area contributed by atoms with Crippen LogP contribution in [0, 0.1) is 17.2 Å². The van der Waals surface area contributed by atoms with Crippen molar-refractivity contribution in [3.05, 3.63) is 48.2 Å². The fourth-order valence-corrected chi connectivity index (χ4v) is 4.28. The Morgan fingerprint density at radius 2 is 1.74 bits per heavy atom. The van der Waals surface area contributed by atoms with Gasteiger partial charge in [0.1, 0.15) is 6.07 Å². The lowest BCUT2D eigenvalue weighted by atomic mass is 9.91. The number of anilines is 1. The lowest BCUT2D eigenvalue weighted by molar-refractivity contribution is 0.0968. The van der Waals surface area contributed by atoms with Crippen molar-refractivity contribution in [3.8, 4) is 17.2 Å². The van der Waals surface area contributed by atoms with Gasteiger partial charge >= 0.3 is 0 Å². The quantitative estimate of drug-likeness (QED) is 0.611. The number of nitrogens with two attached hydrogens (primary N) is 1. The molecule has 2 heterocycles. The van der Waals surface area contributed by atoms with Crippen LogP contribution >= 0.6 is 0 Å². The van der Waals surface area contributed by atoms with Gasteiger partial charge in [-0.05, 0) is 56.2 Å². The van der Waals surface area contributed by atoms with Crippen LogP contribution in [0.25, 0.3) is 22.0 Å². The number of hydrogen-bond donors (Lipinski definition) is 2. The number of carbonyl (C=O) groups is 1. The first-order chi connectivity index (χ1) is 15.1. The Hall–Kier alpha value is -3.37. The molecule has 2 aliphatic carbocycles. The Balaban J connectivity index is 1.58. The van der Waals surface area contributed by atoms with Crippen molar-refractivity contribution in [2.75, 3.05) is 5.32 Å². The van der Waals surface area contributed by atoms with Crippen LogP contribution in [0.4, 0.5) is 5.69 Å². The summed E-state index contributed by atoms with van der Waals surface area (Å²) in [6.07, 6.45) is 10.9. The fourth-order valence-electron chi connectivity index (χ4n) is 4.28. The van der Waals surface area contributed by atoms with Gasteiger partial charge in [0.05, 0.1) is 16.8 Å². The van der Waals surface area contributed by atoms with E-state index >= 15 is 0 Å². The number of ketones is 1. The Morgan fingerprint density at radius 3 is 2.42 bits per heavy atom. The summed E-state index contributed by atoms with van der Waals surface area (Å²) in [6.45, 7) is 0. The van der Waals surface area contributed by atoms with Crippen molar-refractivity contribution in [2.24, 2.45) is 11.7 Å². The smallest absolute Gasteiger partial charge is 0.232 e. The normalized spacial score (nSPS) is 20.9. The number of nitrogens with zero attached hydrogens (tertiary/aromatic N) is 4. The van der Waals surface area contributed by atoms with Gasteiger partial charge in [-0.25, -0.2) is 9.97 Å². The van der Waals surface area contributed by atoms with Crippen LogP contribution in [0.2, 0.25) is 0 Å². The summed E-state index contributed by atoms with van der Waals surface area (Å²) in [5.41, 5.74) is 10.2. The van der Waals surface area contributed by atoms with E-state index in [1.807, 2.05) is 24.3 Å². The molecule has 7 nitrogen and oxygen atoms in total. The number of nitriles is 1. The molecule has 31 heavy (non-hydrogen) atoms. The maximum Gasteiger partial charge on any atom is 0.232 e. The van der Waals surface area contributed by atoms with E-state index in [4.69, 9.17) is 11.0 Å². The van der Waals surface area contributed by atoms with Crippen LogP contribution in [0.3, 0.4) is 0 Å². The third-order valence-electron chi connectivity index (χ3n) is 6.29. The topological polar surface area (TPSA) is 118 Å². The Labute approximate surface area is 180 Å². The summed E-state index contributed by atoms with van der Waals surface area (Å²) in [4.78, 5) is 25.8. The number of pyridine rings is 1. The average molecular weight is 412 g/mol. The van der Waals surface area contributed by atoms with Crippen LogP contribution in [-0.4, -0.2) is 32.8 Å². The zero-order valence-electron chi connectivity index (χ0n) is 17.2. The van der Waals surface area contributed by atoms with Crippen LogP contribution < -0.4 is 11.1 Å².